The fourth-order valence-corrected chi connectivity index (χ4v) is 2.77. The second kappa shape index (κ2) is 6.18. The zero-order valence-electron chi connectivity index (χ0n) is 11.3. The van der Waals surface area contributed by atoms with Crippen LogP contribution in [0, 0.1) is 17.6 Å². The highest BCUT2D eigenvalue weighted by atomic mass is 19.1. The normalized spacial score (nSPS) is 17.9. The van der Waals surface area contributed by atoms with E-state index in [1.54, 1.807) is 6.92 Å². The molecule has 2 rings (SSSR count). The molecule has 0 spiro atoms. The quantitative estimate of drug-likeness (QED) is 0.716. The van der Waals surface area contributed by atoms with Gasteiger partial charge in [-0.3, -0.25) is 0 Å². The lowest BCUT2D eigenvalue weighted by Crippen LogP contribution is -2.18. The Morgan fingerprint density at radius 3 is 2.89 bits per heavy atom. The van der Waals surface area contributed by atoms with Crippen LogP contribution in [-0.2, 0) is 12.8 Å². The average molecular weight is 266 g/mol. The Balaban J connectivity index is 2.25. The van der Waals surface area contributed by atoms with E-state index in [0.717, 1.165) is 19.3 Å². The third kappa shape index (κ3) is 2.96. The molecule has 1 atom stereocenters. The molecule has 0 amide bonds. The number of benzene rings is 1. The predicted molar refractivity (Wildman–Crippen MR) is 72.5 cm³/mol. The summed E-state index contributed by atoms with van der Waals surface area (Å²) in [5.41, 5.74) is 1.06. The first-order valence-electron chi connectivity index (χ1n) is 6.90. The predicted octanol–water partition coefficient (Wildman–Crippen LogP) is 4.43. The molecule has 0 aliphatic heterocycles. The third-order valence-electron chi connectivity index (χ3n) is 3.77. The van der Waals surface area contributed by atoms with Crippen LogP contribution < -0.4 is 4.74 Å². The lowest BCUT2D eigenvalue weighted by atomic mass is 9.81. The molecule has 0 aromatic heterocycles. The maximum atomic E-state index is 14.2. The lowest BCUT2D eigenvalue weighted by Gasteiger charge is -2.26. The zero-order chi connectivity index (χ0) is 13.8. The molecule has 0 saturated carbocycles. The summed E-state index contributed by atoms with van der Waals surface area (Å²) >= 11 is 0. The fraction of sp³-hybridized carbons (Fsp3) is 0.500. The van der Waals surface area contributed by atoms with Crippen LogP contribution in [0.1, 0.15) is 37.3 Å². The number of hydrogen-bond donors (Lipinski definition) is 0. The Hall–Kier alpha value is -1.38. The highest BCUT2D eigenvalue weighted by Crippen LogP contribution is 2.35. The summed E-state index contributed by atoms with van der Waals surface area (Å²) in [5.74, 6) is -0.232. The molecule has 0 saturated heterocycles. The summed E-state index contributed by atoms with van der Waals surface area (Å²) in [4.78, 5) is 0. The molecular weight excluding hydrogens is 246 g/mol. The summed E-state index contributed by atoms with van der Waals surface area (Å²) in [6, 6.07) is 1.19. The van der Waals surface area contributed by atoms with Crippen molar-refractivity contribution in [1.29, 1.82) is 0 Å². The summed E-state index contributed by atoms with van der Waals surface area (Å²) in [6.07, 6.45) is 5.94. The van der Waals surface area contributed by atoms with Crippen molar-refractivity contribution in [1.82, 2.24) is 0 Å². The van der Waals surface area contributed by atoms with Crippen LogP contribution in [-0.4, -0.2) is 6.61 Å². The number of hydrogen-bond acceptors (Lipinski definition) is 1. The molecule has 104 valence electrons. The van der Waals surface area contributed by atoms with E-state index < -0.39 is 0 Å². The van der Waals surface area contributed by atoms with E-state index in [-0.39, 0.29) is 17.4 Å². The van der Waals surface area contributed by atoms with Crippen LogP contribution >= 0.6 is 0 Å². The summed E-state index contributed by atoms with van der Waals surface area (Å²) in [5, 5.41) is 0. The topological polar surface area (TPSA) is 9.23 Å². The van der Waals surface area contributed by atoms with Gasteiger partial charge in [-0.25, -0.2) is 8.78 Å². The van der Waals surface area contributed by atoms with E-state index >= 15 is 0 Å². The van der Waals surface area contributed by atoms with Gasteiger partial charge in [-0.15, -0.1) is 6.58 Å². The maximum Gasteiger partial charge on any atom is 0.168 e. The standard InChI is InChI=1S/C16H20F2O/c1-3-5-6-11-7-8-12-13(9-11)14(17)10-15(16(12)18)19-4-2/h3,10-11H,1,4-9H2,2H3. The van der Waals surface area contributed by atoms with Crippen molar-refractivity contribution >= 4 is 0 Å². The van der Waals surface area contributed by atoms with Gasteiger partial charge in [-0.1, -0.05) is 6.08 Å². The van der Waals surface area contributed by atoms with Gasteiger partial charge in [-0.2, -0.15) is 0 Å². The van der Waals surface area contributed by atoms with E-state index in [0.29, 0.717) is 36.5 Å². The Kier molecular flexibility index (Phi) is 4.56. The number of halogens is 2. The smallest absolute Gasteiger partial charge is 0.168 e. The van der Waals surface area contributed by atoms with Crippen molar-refractivity contribution in [2.75, 3.05) is 6.61 Å². The first-order chi connectivity index (χ1) is 9.17. The van der Waals surface area contributed by atoms with Crippen molar-refractivity contribution < 1.29 is 13.5 Å². The van der Waals surface area contributed by atoms with Crippen LogP contribution in [0.15, 0.2) is 18.7 Å². The molecule has 0 N–H and O–H groups in total. The molecule has 0 heterocycles. The minimum absolute atomic E-state index is 0.0447. The highest BCUT2D eigenvalue weighted by Gasteiger charge is 2.26. The van der Waals surface area contributed by atoms with Gasteiger partial charge in [0.15, 0.2) is 11.6 Å². The third-order valence-corrected chi connectivity index (χ3v) is 3.77. The lowest BCUT2D eigenvalue weighted by molar-refractivity contribution is 0.313. The van der Waals surface area contributed by atoms with Crippen LogP contribution in [0.5, 0.6) is 5.75 Å². The highest BCUT2D eigenvalue weighted by molar-refractivity contribution is 5.40. The van der Waals surface area contributed by atoms with Crippen LogP contribution in [0.2, 0.25) is 0 Å². The molecule has 1 aromatic rings. The maximum absolute atomic E-state index is 14.2. The van der Waals surface area contributed by atoms with Crippen LogP contribution in [0.3, 0.4) is 0 Å². The van der Waals surface area contributed by atoms with Gasteiger partial charge < -0.3 is 4.74 Å². The minimum Gasteiger partial charge on any atom is -0.491 e. The number of allylic oxidation sites excluding steroid dienone is 1. The number of fused-ring (bicyclic) bond motifs is 1. The Bertz CT molecular complexity index is 468. The molecule has 0 bridgehead atoms. The van der Waals surface area contributed by atoms with Gasteiger partial charge >= 0.3 is 0 Å². The summed E-state index contributed by atoms with van der Waals surface area (Å²) in [7, 11) is 0. The van der Waals surface area contributed by atoms with Gasteiger partial charge in [-0.05, 0) is 56.1 Å². The zero-order valence-corrected chi connectivity index (χ0v) is 11.3. The SMILES string of the molecule is C=CCCC1CCc2c(F)c(OCC)cc(F)c2C1. The van der Waals surface area contributed by atoms with Crippen molar-refractivity contribution in [3.05, 3.63) is 41.5 Å². The van der Waals surface area contributed by atoms with Gasteiger partial charge in [0.05, 0.1) is 6.61 Å². The second-order valence-corrected chi connectivity index (χ2v) is 5.04. The Morgan fingerprint density at radius 2 is 2.21 bits per heavy atom. The molecule has 1 aliphatic carbocycles. The van der Waals surface area contributed by atoms with Gasteiger partial charge in [0.25, 0.3) is 0 Å². The molecule has 1 nitrogen and oxygen atoms in total. The van der Waals surface area contributed by atoms with E-state index in [1.165, 1.54) is 6.07 Å². The Labute approximate surface area is 113 Å². The molecule has 3 heteroatoms. The van der Waals surface area contributed by atoms with E-state index in [2.05, 4.69) is 6.58 Å². The molecule has 1 aliphatic rings. The monoisotopic (exact) mass is 266 g/mol. The van der Waals surface area contributed by atoms with Gasteiger partial charge in [0.1, 0.15) is 5.82 Å². The van der Waals surface area contributed by atoms with Crippen molar-refractivity contribution in [2.45, 2.75) is 39.0 Å². The fourth-order valence-electron chi connectivity index (χ4n) is 2.77. The molecular formula is C16H20F2O. The van der Waals surface area contributed by atoms with E-state index in [9.17, 15) is 8.78 Å². The average Bonchev–Trinajstić information content (AvgIpc) is 2.42. The molecule has 1 unspecified atom stereocenters. The van der Waals surface area contributed by atoms with E-state index in [1.807, 2.05) is 6.08 Å². The summed E-state index contributed by atoms with van der Waals surface area (Å²) in [6.45, 7) is 5.81. The van der Waals surface area contributed by atoms with Gasteiger partial charge in [0.2, 0.25) is 0 Å². The molecule has 0 radical (unpaired) electrons. The first kappa shape index (κ1) is 14.0. The van der Waals surface area contributed by atoms with E-state index in [4.69, 9.17) is 4.74 Å². The first-order valence-corrected chi connectivity index (χ1v) is 6.90. The summed E-state index contributed by atoms with van der Waals surface area (Å²) < 4.78 is 33.4. The molecule has 19 heavy (non-hydrogen) atoms. The van der Waals surface area contributed by atoms with Gasteiger partial charge in [0, 0.05) is 6.07 Å². The number of ether oxygens (including phenoxy) is 1. The van der Waals surface area contributed by atoms with Crippen molar-refractivity contribution in [3.8, 4) is 5.75 Å². The van der Waals surface area contributed by atoms with Crippen LogP contribution in [0.25, 0.3) is 0 Å². The Morgan fingerprint density at radius 1 is 1.42 bits per heavy atom. The second-order valence-electron chi connectivity index (χ2n) is 5.04. The largest absolute Gasteiger partial charge is 0.491 e. The van der Waals surface area contributed by atoms with Crippen LogP contribution in [0.4, 0.5) is 8.78 Å². The minimum atomic E-state index is -0.375. The number of rotatable bonds is 5. The van der Waals surface area contributed by atoms with Crippen molar-refractivity contribution in [2.24, 2.45) is 5.92 Å². The molecule has 1 aromatic carbocycles. The molecule has 0 fully saturated rings. The van der Waals surface area contributed by atoms with Crippen molar-refractivity contribution in [3.63, 3.8) is 0 Å².